The third-order valence-electron chi connectivity index (χ3n) is 7.46. The van der Waals surface area contributed by atoms with Crippen LogP contribution in [0.25, 0.3) is 0 Å². The molecule has 4 rings (SSSR count). The molecule has 1 aromatic carbocycles. The number of carbonyl (C=O) groups excluding carboxylic acids is 1. The van der Waals surface area contributed by atoms with Crippen LogP contribution < -0.4 is 4.74 Å². The summed E-state index contributed by atoms with van der Waals surface area (Å²) in [4.78, 5) is 25.4. The van der Waals surface area contributed by atoms with Crippen LogP contribution in [-0.4, -0.2) is 74.7 Å². The van der Waals surface area contributed by atoms with E-state index in [0.29, 0.717) is 24.3 Å². The molecule has 2 aliphatic heterocycles. The Kier molecular flexibility index (Phi) is 5.57. The van der Waals surface area contributed by atoms with Crippen molar-refractivity contribution in [3.63, 3.8) is 0 Å². The number of nitrogens with zero attached hydrogens (tertiary/aromatic N) is 1. The zero-order chi connectivity index (χ0) is 23.4. The molecule has 2 heterocycles. The molecule has 3 aliphatic rings. The van der Waals surface area contributed by atoms with Crippen LogP contribution in [0.2, 0.25) is 0 Å². The number of benzene rings is 1. The first-order chi connectivity index (χ1) is 15.1. The molecule has 0 bridgehead atoms. The summed E-state index contributed by atoms with van der Waals surface area (Å²) in [6.45, 7) is 4.27. The highest BCUT2D eigenvalue weighted by Gasteiger charge is 2.69. The molecule has 5 atom stereocenters. The number of likely N-dealkylation sites (tertiary alicyclic amines) is 1. The average molecular weight is 447 g/mol. The topological polar surface area (TPSA) is 137 Å². The fourth-order valence-corrected chi connectivity index (χ4v) is 5.63. The zero-order valence-corrected chi connectivity index (χ0v) is 18.4. The van der Waals surface area contributed by atoms with Gasteiger partial charge in [0, 0.05) is 23.6 Å². The van der Waals surface area contributed by atoms with Crippen molar-refractivity contribution >= 4 is 11.9 Å². The summed E-state index contributed by atoms with van der Waals surface area (Å²) >= 11 is 0. The summed E-state index contributed by atoms with van der Waals surface area (Å²) in [5.41, 5.74) is 0.0770. The van der Waals surface area contributed by atoms with Crippen LogP contribution in [0, 0.1) is 6.92 Å². The molecule has 174 valence electrons. The van der Waals surface area contributed by atoms with Gasteiger partial charge in [-0.25, -0.2) is 4.79 Å². The lowest BCUT2D eigenvalue weighted by molar-refractivity contribution is -0.167. The van der Waals surface area contributed by atoms with E-state index in [0.717, 1.165) is 11.1 Å². The summed E-state index contributed by atoms with van der Waals surface area (Å²) in [5, 5.41) is 40.8. The summed E-state index contributed by atoms with van der Waals surface area (Å²) in [5.74, 6) is -1.79. The SMILES string of the molecule is Cc1ccc(CO)c2c1[C@]13CCN(C)[C@H](C)[C@]1(O)CC=C(OC(=O)[C@@H](O)CC(=O)O)[C@@H]3O2. The van der Waals surface area contributed by atoms with Gasteiger partial charge in [0.25, 0.3) is 0 Å². The Hall–Kier alpha value is -2.46. The van der Waals surface area contributed by atoms with Gasteiger partial charge in [-0.2, -0.15) is 0 Å². The van der Waals surface area contributed by atoms with Gasteiger partial charge in [-0.05, 0) is 45.5 Å². The van der Waals surface area contributed by atoms with E-state index in [1.54, 1.807) is 12.1 Å². The molecule has 1 aromatic rings. The number of carboxylic acid groups (broad SMARTS) is 1. The molecule has 1 fully saturated rings. The third kappa shape index (κ3) is 3.07. The Bertz CT molecular complexity index is 990. The van der Waals surface area contributed by atoms with Crippen LogP contribution >= 0.6 is 0 Å². The van der Waals surface area contributed by atoms with Crippen LogP contribution in [0.15, 0.2) is 24.0 Å². The summed E-state index contributed by atoms with van der Waals surface area (Å²) in [6, 6.07) is 3.41. The minimum absolute atomic E-state index is 0.139. The predicted molar refractivity (Wildman–Crippen MR) is 112 cm³/mol. The number of likely N-dealkylation sites (N-methyl/N-ethyl adjacent to an activating group) is 1. The maximum Gasteiger partial charge on any atom is 0.340 e. The molecule has 0 amide bonds. The van der Waals surface area contributed by atoms with Gasteiger partial charge in [0.2, 0.25) is 0 Å². The fraction of sp³-hybridized carbons (Fsp3) is 0.565. The number of aliphatic hydroxyl groups excluding tert-OH is 2. The van der Waals surface area contributed by atoms with Crippen molar-refractivity contribution in [3.05, 3.63) is 40.7 Å². The van der Waals surface area contributed by atoms with Crippen molar-refractivity contribution in [2.45, 2.75) is 69.0 Å². The van der Waals surface area contributed by atoms with E-state index in [4.69, 9.17) is 14.6 Å². The highest BCUT2D eigenvalue weighted by Crippen LogP contribution is 2.61. The van der Waals surface area contributed by atoms with Gasteiger partial charge in [-0.3, -0.25) is 4.79 Å². The molecule has 1 saturated heterocycles. The number of fused-ring (bicyclic) bond motifs is 1. The molecule has 1 aliphatic carbocycles. The molecule has 0 unspecified atom stereocenters. The first-order valence-corrected chi connectivity index (χ1v) is 10.7. The first kappa shape index (κ1) is 22.7. The van der Waals surface area contributed by atoms with Crippen molar-refractivity contribution in [2.24, 2.45) is 0 Å². The number of carboxylic acids is 1. The van der Waals surface area contributed by atoms with Crippen LogP contribution in [-0.2, 0) is 26.3 Å². The molecule has 0 saturated carbocycles. The van der Waals surface area contributed by atoms with E-state index in [9.17, 15) is 24.9 Å². The van der Waals surface area contributed by atoms with Crippen LogP contribution in [0.1, 0.15) is 42.9 Å². The lowest BCUT2D eigenvalue weighted by Crippen LogP contribution is -2.71. The highest BCUT2D eigenvalue weighted by molar-refractivity contribution is 5.81. The smallest absolute Gasteiger partial charge is 0.340 e. The number of hydrogen-bond acceptors (Lipinski definition) is 8. The first-order valence-electron chi connectivity index (χ1n) is 10.7. The number of aryl methyl sites for hydroxylation is 1. The number of carbonyl (C=O) groups is 2. The number of aliphatic hydroxyl groups is 3. The molecule has 0 aromatic heterocycles. The second-order valence-electron chi connectivity index (χ2n) is 9.05. The van der Waals surface area contributed by atoms with Gasteiger partial charge in [-0.15, -0.1) is 0 Å². The Morgan fingerprint density at radius 1 is 1.38 bits per heavy atom. The van der Waals surface area contributed by atoms with Crippen LogP contribution in [0.3, 0.4) is 0 Å². The second kappa shape index (κ2) is 7.84. The molecular formula is C23H29NO8. The largest absolute Gasteiger partial charge is 0.481 e. The quantitative estimate of drug-likeness (QED) is 0.479. The molecule has 9 nitrogen and oxygen atoms in total. The van der Waals surface area contributed by atoms with E-state index < -0.39 is 41.6 Å². The predicted octanol–water partition coefficient (Wildman–Crippen LogP) is 0.608. The lowest BCUT2D eigenvalue weighted by Gasteiger charge is -2.58. The number of hydrogen-bond donors (Lipinski definition) is 4. The molecule has 1 spiro atoms. The lowest BCUT2D eigenvalue weighted by atomic mass is 9.54. The molecule has 9 heteroatoms. The minimum atomic E-state index is -1.82. The van der Waals surface area contributed by atoms with Crippen molar-refractivity contribution in [2.75, 3.05) is 13.6 Å². The molecule has 0 radical (unpaired) electrons. The summed E-state index contributed by atoms with van der Waals surface area (Å²) in [6.07, 6.45) is -1.17. The van der Waals surface area contributed by atoms with Crippen molar-refractivity contribution in [1.29, 1.82) is 0 Å². The maximum atomic E-state index is 12.4. The van der Waals surface area contributed by atoms with Crippen LogP contribution in [0.4, 0.5) is 0 Å². The number of piperidine rings is 1. The summed E-state index contributed by atoms with van der Waals surface area (Å²) < 4.78 is 11.8. The number of esters is 1. The number of aliphatic carboxylic acids is 1. The van der Waals surface area contributed by atoms with Crippen molar-refractivity contribution < 1.29 is 39.5 Å². The van der Waals surface area contributed by atoms with Gasteiger partial charge >= 0.3 is 11.9 Å². The molecular weight excluding hydrogens is 418 g/mol. The Morgan fingerprint density at radius 3 is 2.75 bits per heavy atom. The van der Waals surface area contributed by atoms with Crippen molar-refractivity contribution in [1.82, 2.24) is 4.90 Å². The van der Waals surface area contributed by atoms with Crippen molar-refractivity contribution in [3.8, 4) is 5.75 Å². The van der Waals surface area contributed by atoms with E-state index in [1.165, 1.54) is 0 Å². The Labute approximate surface area is 185 Å². The standard InChI is InChI=1S/C23H29NO8/c1-12-4-5-14(11-25)19-18(12)22-8-9-24(3)13(2)23(22,30)7-6-16(20(22)32-19)31-21(29)15(26)10-17(27)28/h4-6,13,15,20,25-26,30H,7-11H2,1-3H3,(H,27,28)/t13-,15+,20+,22+,23-/m1/s1. The van der Waals surface area contributed by atoms with E-state index >= 15 is 0 Å². The molecule has 32 heavy (non-hydrogen) atoms. The van der Waals surface area contributed by atoms with Crippen LogP contribution in [0.5, 0.6) is 5.75 Å². The van der Waals surface area contributed by atoms with Gasteiger partial charge < -0.3 is 34.8 Å². The number of rotatable bonds is 5. The average Bonchev–Trinajstić information content (AvgIpc) is 3.10. The monoisotopic (exact) mass is 447 g/mol. The van der Waals surface area contributed by atoms with Gasteiger partial charge in [0.1, 0.15) is 11.5 Å². The van der Waals surface area contributed by atoms with Gasteiger partial charge in [0.15, 0.2) is 12.2 Å². The zero-order valence-electron chi connectivity index (χ0n) is 18.4. The third-order valence-corrected chi connectivity index (χ3v) is 7.46. The highest BCUT2D eigenvalue weighted by atomic mass is 16.6. The second-order valence-corrected chi connectivity index (χ2v) is 9.05. The van der Waals surface area contributed by atoms with Gasteiger partial charge in [0.05, 0.1) is 24.0 Å². The Balaban J connectivity index is 1.83. The normalized spacial score (nSPS) is 32.1. The minimum Gasteiger partial charge on any atom is -0.481 e. The summed E-state index contributed by atoms with van der Waals surface area (Å²) in [7, 11) is 1.94. The maximum absolute atomic E-state index is 12.4. The Morgan fingerprint density at radius 2 is 2.09 bits per heavy atom. The van der Waals surface area contributed by atoms with E-state index in [-0.39, 0.29) is 24.8 Å². The van der Waals surface area contributed by atoms with E-state index in [1.807, 2.05) is 27.0 Å². The molecule has 4 N–H and O–H groups in total. The number of ether oxygens (including phenoxy) is 2. The van der Waals surface area contributed by atoms with E-state index in [2.05, 4.69) is 4.90 Å². The fourth-order valence-electron chi connectivity index (χ4n) is 5.63. The van der Waals surface area contributed by atoms with Gasteiger partial charge in [-0.1, -0.05) is 12.1 Å².